The first-order valence-electron chi connectivity index (χ1n) is 6.85. The molecule has 0 aliphatic carbocycles. The van der Waals surface area contributed by atoms with E-state index in [1.165, 1.54) is 5.56 Å². The lowest BCUT2D eigenvalue weighted by Gasteiger charge is -2.27. The highest BCUT2D eigenvalue weighted by molar-refractivity contribution is 6.31. The molecule has 0 radical (unpaired) electrons. The standard InChI is InChI=1S/C17H15Cl2NO/c1-10-12(6-11-2-4-13(18)5-3-11)9-20-15-7-14(19)8-16(21)17(10)15/h2-5,7-10,12,21H,6H2,1H3. The van der Waals surface area contributed by atoms with E-state index in [4.69, 9.17) is 23.2 Å². The molecule has 2 aromatic rings. The maximum Gasteiger partial charge on any atom is 0.122 e. The second-order valence-corrected chi connectivity index (χ2v) is 6.29. The largest absolute Gasteiger partial charge is 0.508 e. The molecule has 0 saturated heterocycles. The summed E-state index contributed by atoms with van der Waals surface area (Å²) in [4.78, 5) is 4.46. The third kappa shape index (κ3) is 2.92. The summed E-state index contributed by atoms with van der Waals surface area (Å²) in [7, 11) is 0. The van der Waals surface area contributed by atoms with Gasteiger partial charge in [-0.3, -0.25) is 4.99 Å². The fourth-order valence-electron chi connectivity index (χ4n) is 2.80. The van der Waals surface area contributed by atoms with Crippen molar-refractivity contribution in [2.24, 2.45) is 10.9 Å². The third-order valence-corrected chi connectivity index (χ3v) is 4.46. The Labute approximate surface area is 134 Å². The minimum atomic E-state index is 0.186. The zero-order chi connectivity index (χ0) is 15.0. The van der Waals surface area contributed by atoms with Crippen LogP contribution in [0.3, 0.4) is 0 Å². The quantitative estimate of drug-likeness (QED) is 0.792. The Morgan fingerprint density at radius 3 is 2.52 bits per heavy atom. The van der Waals surface area contributed by atoms with E-state index in [0.29, 0.717) is 5.02 Å². The number of aromatic hydroxyl groups is 1. The molecule has 0 amide bonds. The average Bonchev–Trinajstić information content (AvgIpc) is 2.43. The molecule has 0 aromatic heterocycles. The molecule has 108 valence electrons. The predicted octanol–water partition coefficient (Wildman–Crippen LogP) is 5.38. The van der Waals surface area contributed by atoms with Gasteiger partial charge in [-0.2, -0.15) is 0 Å². The Hall–Kier alpha value is -1.51. The van der Waals surface area contributed by atoms with Crippen molar-refractivity contribution in [2.45, 2.75) is 19.3 Å². The van der Waals surface area contributed by atoms with Gasteiger partial charge in [-0.1, -0.05) is 42.3 Å². The first-order valence-corrected chi connectivity index (χ1v) is 7.61. The highest BCUT2D eigenvalue weighted by Gasteiger charge is 2.27. The number of halogens is 2. The van der Waals surface area contributed by atoms with Gasteiger partial charge in [0, 0.05) is 27.7 Å². The Kier molecular flexibility index (Phi) is 3.92. The molecule has 0 bridgehead atoms. The molecule has 3 rings (SSSR count). The smallest absolute Gasteiger partial charge is 0.122 e. The van der Waals surface area contributed by atoms with Crippen LogP contribution < -0.4 is 0 Å². The van der Waals surface area contributed by atoms with Gasteiger partial charge in [-0.25, -0.2) is 0 Å². The highest BCUT2D eigenvalue weighted by atomic mass is 35.5. The number of nitrogens with zero attached hydrogens (tertiary/aromatic N) is 1. The number of rotatable bonds is 2. The van der Waals surface area contributed by atoms with Crippen LogP contribution in [-0.2, 0) is 6.42 Å². The van der Waals surface area contributed by atoms with Gasteiger partial charge in [0.05, 0.1) is 5.69 Å². The maximum absolute atomic E-state index is 10.2. The molecule has 1 N–H and O–H groups in total. The van der Waals surface area contributed by atoms with Crippen LogP contribution >= 0.6 is 23.2 Å². The maximum atomic E-state index is 10.2. The fourth-order valence-corrected chi connectivity index (χ4v) is 3.14. The molecule has 2 aromatic carbocycles. The number of phenolic OH excluding ortho intramolecular Hbond substituents is 1. The molecule has 4 heteroatoms. The van der Waals surface area contributed by atoms with Gasteiger partial charge in [0.1, 0.15) is 5.75 Å². The van der Waals surface area contributed by atoms with Crippen LogP contribution in [0, 0.1) is 5.92 Å². The van der Waals surface area contributed by atoms with Crippen molar-refractivity contribution in [3.63, 3.8) is 0 Å². The Bertz CT molecular complexity index is 695. The van der Waals surface area contributed by atoms with Gasteiger partial charge in [0.2, 0.25) is 0 Å². The summed E-state index contributed by atoms with van der Waals surface area (Å²) < 4.78 is 0. The van der Waals surface area contributed by atoms with Gasteiger partial charge in [0.15, 0.2) is 0 Å². The lowest BCUT2D eigenvalue weighted by Crippen LogP contribution is -2.18. The van der Waals surface area contributed by atoms with Crippen LogP contribution in [-0.4, -0.2) is 11.3 Å². The molecule has 1 aliphatic rings. The van der Waals surface area contributed by atoms with E-state index in [0.717, 1.165) is 22.7 Å². The number of phenols is 1. The Morgan fingerprint density at radius 2 is 1.81 bits per heavy atom. The zero-order valence-corrected chi connectivity index (χ0v) is 13.1. The van der Waals surface area contributed by atoms with Crippen molar-refractivity contribution < 1.29 is 5.11 Å². The summed E-state index contributed by atoms with van der Waals surface area (Å²) in [6, 6.07) is 11.2. The van der Waals surface area contributed by atoms with Crippen molar-refractivity contribution in [3.8, 4) is 5.75 Å². The van der Waals surface area contributed by atoms with Crippen molar-refractivity contribution in [3.05, 3.63) is 57.6 Å². The predicted molar refractivity (Wildman–Crippen MR) is 88.3 cm³/mol. The number of fused-ring (bicyclic) bond motifs is 1. The first kappa shape index (κ1) is 14.4. The van der Waals surface area contributed by atoms with E-state index in [2.05, 4.69) is 11.9 Å². The van der Waals surface area contributed by atoms with Crippen LogP contribution in [0.2, 0.25) is 10.0 Å². The van der Waals surface area contributed by atoms with Gasteiger partial charge in [0.25, 0.3) is 0 Å². The lowest BCUT2D eigenvalue weighted by atomic mass is 9.81. The molecule has 2 nitrogen and oxygen atoms in total. The van der Waals surface area contributed by atoms with Crippen molar-refractivity contribution in [1.29, 1.82) is 0 Å². The molecule has 0 saturated carbocycles. The van der Waals surface area contributed by atoms with E-state index in [1.54, 1.807) is 12.1 Å². The van der Waals surface area contributed by atoms with E-state index in [1.807, 2.05) is 30.5 Å². The number of benzene rings is 2. The van der Waals surface area contributed by atoms with E-state index < -0.39 is 0 Å². The normalized spacial score (nSPS) is 20.3. The van der Waals surface area contributed by atoms with Crippen molar-refractivity contribution in [2.75, 3.05) is 0 Å². The molecule has 0 spiro atoms. The summed E-state index contributed by atoms with van der Waals surface area (Å²) in [6.45, 7) is 2.11. The molecule has 21 heavy (non-hydrogen) atoms. The van der Waals surface area contributed by atoms with Crippen LogP contribution in [0.1, 0.15) is 24.0 Å². The zero-order valence-electron chi connectivity index (χ0n) is 11.6. The summed E-state index contributed by atoms with van der Waals surface area (Å²) in [5.74, 6) is 0.652. The minimum Gasteiger partial charge on any atom is -0.508 e. The molecule has 1 aliphatic heterocycles. The fraction of sp³-hybridized carbons (Fsp3) is 0.235. The Morgan fingerprint density at radius 1 is 1.10 bits per heavy atom. The molecule has 0 fully saturated rings. The second kappa shape index (κ2) is 5.70. The topological polar surface area (TPSA) is 32.6 Å². The van der Waals surface area contributed by atoms with Gasteiger partial charge < -0.3 is 5.11 Å². The van der Waals surface area contributed by atoms with Gasteiger partial charge in [-0.15, -0.1) is 0 Å². The average molecular weight is 320 g/mol. The number of aliphatic imine (C=N–C) groups is 1. The van der Waals surface area contributed by atoms with E-state index >= 15 is 0 Å². The van der Waals surface area contributed by atoms with Crippen molar-refractivity contribution in [1.82, 2.24) is 0 Å². The molecule has 2 atom stereocenters. The summed E-state index contributed by atoms with van der Waals surface area (Å²) in [5, 5.41) is 11.4. The van der Waals surface area contributed by atoms with Crippen LogP contribution in [0.5, 0.6) is 5.75 Å². The second-order valence-electron chi connectivity index (χ2n) is 5.42. The first-order chi connectivity index (χ1) is 10.0. The van der Waals surface area contributed by atoms with Crippen molar-refractivity contribution >= 4 is 35.1 Å². The summed E-state index contributed by atoms with van der Waals surface area (Å²) >= 11 is 11.9. The lowest BCUT2D eigenvalue weighted by molar-refractivity contribution is 0.452. The monoisotopic (exact) mass is 319 g/mol. The summed E-state index contributed by atoms with van der Waals surface area (Å²) in [5.41, 5.74) is 2.85. The molecular weight excluding hydrogens is 305 g/mol. The SMILES string of the molecule is CC1c2c(O)cc(Cl)cc2N=CC1Cc1ccc(Cl)cc1. The third-order valence-electron chi connectivity index (χ3n) is 3.99. The number of hydrogen-bond acceptors (Lipinski definition) is 2. The minimum absolute atomic E-state index is 0.186. The van der Waals surface area contributed by atoms with Gasteiger partial charge in [-0.05, 0) is 42.2 Å². The highest BCUT2D eigenvalue weighted by Crippen LogP contribution is 2.43. The van der Waals surface area contributed by atoms with E-state index in [-0.39, 0.29) is 17.6 Å². The van der Waals surface area contributed by atoms with Crippen LogP contribution in [0.25, 0.3) is 0 Å². The molecular formula is C17H15Cl2NO. The van der Waals surface area contributed by atoms with Crippen LogP contribution in [0.15, 0.2) is 41.4 Å². The van der Waals surface area contributed by atoms with E-state index in [9.17, 15) is 5.11 Å². The number of hydrogen-bond donors (Lipinski definition) is 1. The van der Waals surface area contributed by atoms with Crippen LogP contribution in [0.4, 0.5) is 5.69 Å². The van der Waals surface area contributed by atoms with Gasteiger partial charge >= 0.3 is 0 Å². The molecule has 2 unspecified atom stereocenters. The Balaban J connectivity index is 1.89. The molecule has 1 heterocycles. The summed E-state index contributed by atoms with van der Waals surface area (Å²) in [6.07, 6.45) is 2.82.